The third kappa shape index (κ3) is 5.17. The summed E-state index contributed by atoms with van der Waals surface area (Å²) in [6.45, 7) is 4.42. The first-order valence-corrected chi connectivity index (χ1v) is 12.5. The van der Waals surface area contributed by atoms with Crippen LogP contribution in [0.2, 0.25) is 0 Å². The van der Waals surface area contributed by atoms with Crippen molar-refractivity contribution < 1.29 is 18.4 Å². The lowest BCUT2D eigenvalue weighted by Crippen LogP contribution is -2.46. The number of rotatable bonds is 8. The van der Waals surface area contributed by atoms with Gasteiger partial charge in [-0.2, -0.15) is 5.10 Å². The number of hydrogen-bond donors (Lipinski definition) is 1. The number of unbranched alkanes of at least 4 members (excludes halogenated alkanes) is 1. The molecular formula is C27H32N4O4. The van der Waals surface area contributed by atoms with Gasteiger partial charge in [0.15, 0.2) is 5.76 Å². The molecule has 1 saturated heterocycles. The lowest BCUT2D eigenvalue weighted by molar-refractivity contribution is -0.136. The van der Waals surface area contributed by atoms with Crippen molar-refractivity contribution >= 4 is 28.5 Å². The van der Waals surface area contributed by atoms with Gasteiger partial charge >= 0.3 is 0 Å². The Morgan fingerprint density at radius 3 is 2.89 bits per heavy atom. The largest absolute Gasteiger partial charge is 0.467 e. The molecule has 8 nitrogen and oxygen atoms in total. The van der Waals surface area contributed by atoms with Crippen LogP contribution in [0.3, 0.4) is 0 Å². The molecule has 0 saturated carbocycles. The van der Waals surface area contributed by atoms with Gasteiger partial charge in [-0.1, -0.05) is 31.5 Å². The fourth-order valence-electron chi connectivity index (χ4n) is 4.93. The number of piperidine rings is 1. The summed E-state index contributed by atoms with van der Waals surface area (Å²) >= 11 is 0. The van der Waals surface area contributed by atoms with E-state index in [4.69, 9.17) is 13.9 Å². The first-order chi connectivity index (χ1) is 17.1. The molecule has 2 aliphatic heterocycles. The van der Waals surface area contributed by atoms with E-state index in [1.54, 1.807) is 6.26 Å². The van der Waals surface area contributed by atoms with Crippen molar-refractivity contribution in [2.45, 2.75) is 45.1 Å². The Balaban J connectivity index is 1.30. The average molecular weight is 477 g/mol. The van der Waals surface area contributed by atoms with Crippen LogP contribution in [0.4, 0.5) is 0 Å². The number of hydrazone groups is 1. The summed E-state index contributed by atoms with van der Waals surface area (Å²) in [5.74, 6) is 1.27. The van der Waals surface area contributed by atoms with Crippen molar-refractivity contribution in [2.24, 2.45) is 11.0 Å². The first-order valence-electron chi connectivity index (χ1n) is 12.5. The van der Waals surface area contributed by atoms with E-state index in [2.05, 4.69) is 17.1 Å². The predicted octanol–water partition coefficient (Wildman–Crippen LogP) is 4.33. The molecule has 0 aliphatic carbocycles. The molecule has 2 unspecified atom stereocenters. The molecule has 0 bridgehead atoms. The predicted molar refractivity (Wildman–Crippen MR) is 133 cm³/mol. The van der Waals surface area contributed by atoms with Crippen LogP contribution in [0.1, 0.15) is 56.6 Å². The molecule has 0 spiro atoms. The van der Waals surface area contributed by atoms with Gasteiger partial charge in [-0.15, -0.1) is 0 Å². The summed E-state index contributed by atoms with van der Waals surface area (Å²) in [7, 11) is 0. The number of amides is 2. The molecule has 1 fully saturated rings. The molecule has 8 heteroatoms. The van der Waals surface area contributed by atoms with E-state index in [9.17, 15) is 9.59 Å². The van der Waals surface area contributed by atoms with Gasteiger partial charge in [-0.05, 0) is 50.1 Å². The Kier molecular flexibility index (Phi) is 6.99. The van der Waals surface area contributed by atoms with E-state index in [1.165, 1.54) is 5.01 Å². The topological polar surface area (TPSA) is 91.3 Å². The van der Waals surface area contributed by atoms with Gasteiger partial charge in [-0.25, -0.2) is 5.01 Å². The van der Waals surface area contributed by atoms with Crippen molar-refractivity contribution in [3.8, 4) is 0 Å². The number of hydrogen-bond acceptors (Lipinski definition) is 6. The van der Waals surface area contributed by atoms with Crippen molar-refractivity contribution in [1.29, 1.82) is 0 Å². The third-order valence-electron chi connectivity index (χ3n) is 6.81. The summed E-state index contributed by atoms with van der Waals surface area (Å²) in [6.07, 6.45) is 5.92. The van der Waals surface area contributed by atoms with Crippen LogP contribution < -0.4 is 5.32 Å². The molecule has 4 heterocycles. The highest BCUT2D eigenvalue weighted by molar-refractivity contribution is 6.03. The van der Waals surface area contributed by atoms with Crippen molar-refractivity contribution in [2.75, 3.05) is 26.2 Å². The maximum Gasteiger partial charge on any atom is 0.257 e. The fourth-order valence-corrected chi connectivity index (χ4v) is 4.93. The lowest BCUT2D eigenvalue weighted by Gasteiger charge is -2.32. The molecular weight excluding hydrogens is 444 g/mol. The smallest absolute Gasteiger partial charge is 0.257 e. The van der Waals surface area contributed by atoms with E-state index >= 15 is 0 Å². The Labute approximate surface area is 204 Å². The van der Waals surface area contributed by atoms with Crippen LogP contribution in [-0.2, 0) is 9.59 Å². The molecule has 5 rings (SSSR count). The van der Waals surface area contributed by atoms with Gasteiger partial charge in [0, 0.05) is 24.9 Å². The Morgan fingerprint density at radius 2 is 2.09 bits per heavy atom. The van der Waals surface area contributed by atoms with E-state index in [0.717, 1.165) is 48.9 Å². The van der Waals surface area contributed by atoms with Gasteiger partial charge in [0.1, 0.15) is 23.1 Å². The van der Waals surface area contributed by atoms with Crippen molar-refractivity contribution in [3.63, 3.8) is 0 Å². The number of furan rings is 2. The van der Waals surface area contributed by atoms with E-state index in [0.29, 0.717) is 31.0 Å². The zero-order valence-electron chi connectivity index (χ0n) is 20.1. The van der Waals surface area contributed by atoms with Crippen LogP contribution in [0.15, 0.2) is 62.7 Å². The van der Waals surface area contributed by atoms with Crippen molar-refractivity contribution in [3.05, 3.63) is 60.2 Å². The lowest BCUT2D eigenvalue weighted by atomic mass is 9.97. The minimum absolute atomic E-state index is 0.0811. The number of nitrogens with one attached hydrogen (secondary N) is 1. The van der Waals surface area contributed by atoms with Crippen LogP contribution >= 0.6 is 0 Å². The van der Waals surface area contributed by atoms with Crippen LogP contribution in [-0.4, -0.2) is 53.6 Å². The van der Waals surface area contributed by atoms with E-state index < -0.39 is 0 Å². The van der Waals surface area contributed by atoms with Gasteiger partial charge in [0.05, 0.1) is 18.7 Å². The van der Waals surface area contributed by atoms with E-state index in [-0.39, 0.29) is 30.3 Å². The first kappa shape index (κ1) is 23.4. The highest BCUT2D eigenvalue weighted by Gasteiger charge is 2.37. The molecule has 1 aromatic carbocycles. The standard InChI is InChI=1S/C27H32N4O4/c1-2-3-12-28-27(33)20-9-6-13-30(17-20)18-26(32)31-22(24-11-7-14-34-24)16-21(29-31)25-15-19-8-4-5-10-23(19)35-25/h4-5,7-8,10-11,14-15,20,22H,2-3,6,9,12-13,16-18H2,1H3,(H,28,33). The van der Waals surface area contributed by atoms with Gasteiger partial charge in [0.2, 0.25) is 5.91 Å². The van der Waals surface area contributed by atoms with Crippen LogP contribution in [0.25, 0.3) is 11.0 Å². The molecule has 2 aliphatic rings. The summed E-state index contributed by atoms with van der Waals surface area (Å²) < 4.78 is 11.7. The number of carbonyl (C=O) groups is 2. The van der Waals surface area contributed by atoms with Crippen LogP contribution in [0, 0.1) is 5.92 Å². The van der Waals surface area contributed by atoms with E-state index in [1.807, 2.05) is 42.5 Å². The third-order valence-corrected chi connectivity index (χ3v) is 6.81. The molecule has 184 valence electrons. The number of para-hydroxylation sites is 1. The highest BCUT2D eigenvalue weighted by atomic mass is 16.3. The number of likely N-dealkylation sites (tertiary alicyclic amines) is 1. The minimum Gasteiger partial charge on any atom is -0.467 e. The number of carbonyl (C=O) groups excluding carboxylic acids is 2. The maximum atomic E-state index is 13.5. The molecule has 2 amide bonds. The summed E-state index contributed by atoms with van der Waals surface area (Å²) in [5, 5.41) is 10.3. The maximum absolute atomic E-state index is 13.5. The molecule has 2 aromatic heterocycles. The minimum atomic E-state index is -0.321. The Morgan fingerprint density at radius 1 is 1.20 bits per heavy atom. The van der Waals surface area contributed by atoms with Crippen molar-refractivity contribution in [1.82, 2.24) is 15.2 Å². The summed E-state index contributed by atoms with van der Waals surface area (Å²) in [6, 6.07) is 13.2. The zero-order valence-corrected chi connectivity index (χ0v) is 20.1. The normalized spacial score (nSPS) is 20.8. The molecule has 0 radical (unpaired) electrons. The average Bonchev–Trinajstić information content (AvgIpc) is 3.63. The second kappa shape index (κ2) is 10.5. The number of benzene rings is 1. The highest BCUT2D eigenvalue weighted by Crippen LogP contribution is 2.34. The summed E-state index contributed by atoms with van der Waals surface area (Å²) in [5.41, 5.74) is 1.52. The van der Waals surface area contributed by atoms with Gasteiger partial charge in [-0.3, -0.25) is 14.5 Å². The Hall–Kier alpha value is -3.39. The van der Waals surface area contributed by atoms with Crippen LogP contribution in [0.5, 0.6) is 0 Å². The summed E-state index contributed by atoms with van der Waals surface area (Å²) in [4.78, 5) is 28.1. The zero-order chi connectivity index (χ0) is 24.2. The SMILES string of the molecule is CCCCNC(=O)C1CCCN(CC(=O)N2N=C(c3cc4ccccc4o3)CC2c2ccco2)C1. The second-order valence-corrected chi connectivity index (χ2v) is 9.39. The molecule has 1 N–H and O–H groups in total. The second-order valence-electron chi connectivity index (χ2n) is 9.39. The fraction of sp³-hybridized carbons (Fsp3) is 0.444. The number of fused-ring (bicyclic) bond motifs is 1. The van der Waals surface area contributed by atoms with Gasteiger partial charge < -0.3 is 14.2 Å². The molecule has 35 heavy (non-hydrogen) atoms. The molecule has 3 aromatic rings. The quantitative estimate of drug-likeness (QED) is 0.489. The Bertz CT molecular complexity index is 1170. The monoisotopic (exact) mass is 476 g/mol. The molecule has 2 atom stereocenters. The van der Waals surface area contributed by atoms with Gasteiger partial charge in [0.25, 0.3) is 5.91 Å². The number of nitrogens with zero attached hydrogens (tertiary/aromatic N) is 3.